The molecule has 0 saturated carbocycles. The van der Waals surface area contributed by atoms with Crippen molar-refractivity contribution in [2.75, 3.05) is 19.6 Å². The summed E-state index contributed by atoms with van der Waals surface area (Å²) in [6.07, 6.45) is 2.83. The maximum Gasteiger partial charge on any atom is 0.222 e. The molecule has 0 bridgehead atoms. The van der Waals surface area contributed by atoms with E-state index in [2.05, 4.69) is 6.92 Å². The third-order valence-corrected chi connectivity index (χ3v) is 2.39. The topological polar surface area (TPSA) is 46.3 Å². The summed E-state index contributed by atoms with van der Waals surface area (Å²) in [6, 6.07) is 0. The van der Waals surface area contributed by atoms with Crippen molar-refractivity contribution in [3.63, 3.8) is 0 Å². The maximum atomic E-state index is 11.3. The number of rotatable bonds is 4. The van der Waals surface area contributed by atoms with Crippen molar-refractivity contribution in [1.29, 1.82) is 0 Å². The standard InChI is InChI=1S/C9H18N2O/c1-2-3-4-9(12)11-6-8(5-10)7-11/h8H,2-7,10H2,1H3. The predicted octanol–water partition coefficient (Wildman–Crippen LogP) is 0.594. The highest BCUT2D eigenvalue weighted by Gasteiger charge is 2.28. The lowest BCUT2D eigenvalue weighted by atomic mass is 10.00. The zero-order chi connectivity index (χ0) is 8.97. The van der Waals surface area contributed by atoms with Crippen LogP contribution in [0.25, 0.3) is 0 Å². The molecule has 1 saturated heterocycles. The fraction of sp³-hybridized carbons (Fsp3) is 0.889. The van der Waals surface area contributed by atoms with Crippen molar-refractivity contribution >= 4 is 5.91 Å². The molecule has 1 rings (SSSR count). The highest BCUT2D eigenvalue weighted by Crippen LogP contribution is 2.15. The van der Waals surface area contributed by atoms with Gasteiger partial charge in [-0.15, -0.1) is 0 Å². The van der Waals surface area contributed by atoms with Crippen LogP contribution in [-0.2, 0) is 4.79 Å². The lowest BCUT2D eigenvalue weighted by Crippen LogP contribution is -2.52. The van der Waals surface area contributed by atoms with E-state index in [-0.39, 0.29) is 0 Å². The highest BCUT2D eigenvalue weighted by molar-refractivity contribution is 5.76. The summed E-state index contributed by atoms with van der Waals surface area (Å²) >= 11 is 0. The monoisotopic (exact) mass is 170 g/mol. The van der Waals surface area contributed by atoms with Crippen LogP contribution >= 0.6 is 0 Å². The van der Waals surface area contributed by atoms with E-state index in [4.69, 9.17) is 5.73 Å². The molecule has 12 heavy (non-hydrogen) atoms. The van der Waals surface area contributed by atoms with Crippen molar-refractivity contribution < 1.29 is 4.79 Å². The van der Waals surface area contributed by atoms with Gasteiger partial charge in [-0.2, -0.15) is 0 Å². The molecule has 2 N–H and O–H groups in total. The van der Waals surface area contributed by atoms with Crippen molar-refractivity contribution in [2.45, 2.75) is 26.2 Å². The Bertz CT molecular complexity index is 153. The first-order chi connectivity index (χ1) is 5.77. The number of carbonyl (C=O) groups is 1. The van der Waals surface area contributed by atoms with Gasteiger partial charge in [0.25, 0.3) is 0 Å². The summed E-state index contributed by atoms with van der Waals surface area (Å²) in [5, 5.41) is 0. The first kappa shape index (κ1) is 9.52. The minimum absolute atomic E-state index is 0.307. The first-order valence-corrected chi connectivity index (χ1v) is 4.75. The Kier molecular flexibility index (Phi) is 3.53. The third kappa shape index (κ3) is 2.21. The van der Waals surface area contributed by atoms with Crippen LogP contribution in [0.5, 0.6) is 0 Å². The first-order valence-electron chi connectivity index (χ1n) is 4.75. The average molecular weight is 170 g/mol. The number of unbranched alkanes of at least 4 members (excludes halogenated alkanes) is 1. The highest BCUT2D eigenvalue weighted by atomic mass is 16.2. The van der Waals surface area contributed by atoms with Crippen molar-refractivity contribution in [3.8, 4) is 0 Å². The molecule has 0 unspecified atom stereocenters. The minimum atomic E-state index is 0.307. The summed E-state index contributed by atoms with van der Waals surface area (Å²) in [5.41, 5.74) is 5.46. The van der Waals surface area contributed by atoms with Crippen LogP contribution in [-0.4, -0.2) is 30.4 Å². The number of hydrogen-bond acceptors (Lipinski definition) is 2. The van der Waals surface area contributed by atoms with E-state index in [1.165, 1.54) is 0 Å². The van der Waals surface area contributed by atoms with E-state index < -0.39 is 0 Å². The Labute approximate surface area is 73.9 Å². The lowest BCUT2D eigenvalue weighted by molar-refractivity contribution is -0.137. The number of carbonyl (C=O) groups excluding carboxylic acids is 1. The van der Waals surface area contributed by atoms with Gasteiger partial charge in [0.15, 0.2) is 0 Å². The molecule has 1 amide bonds. The molecule has 1 fully saturated rings. The molecule has 1 aliphatic rings. The maximum absolute atomic E-state index is 11.3. The van der Waals surface area contributed by atoms with E-state index in [0.717, 1.165) is 32.5 Å². The van der Waals surface area contributed by atoms with E-state index in [1.807, 2.05) is 4.90 Å². The predicted molar refractivity (Wildman–Crippen MR) is 48.6 cm³/mol. The summed E-state index contributed by atoms with van der Waals surface area (Å²) in [5.74, 6) is 0.872. The van der Waals surface area contributed by atoms with Gasteiger partial charge in [-0.25, -0.2) is 0 Å². The molecule has 1 aliphatic heterocycles. The van der Waals surface area contributed by atoms with Crippen LogP contribution in [0.2, 0.25) is 0 Å². The van der Waals surface area contributed by atoms with Gasteiger partial charge in [0.2, 0.25) is 5.91 Å². The second kappa shape index (κ2) is 4.45. The summed E-state index contributed by atoms with van der Waals surface area (Å²) in [6.45, 7) is 4.60. The van der Waals surface area contributed by atoms with Crippen molar-refractivity contribution in [3.05, 3.63) is 0 Å². The largest absolute Gasteiger partial charge is 0.342 e. The van der Waals surface area contributed by atoms with Gasteiger partial charge in [0.1, 0.15) is 0 Å². The zero-order valence-corrected chi connectivity index (χ0v) is 7.75. The molecule has 3 heteroatoms. The molecule has 1 heterocycles. The van der Waals surface area contributed by atoms with Gasteiger partial charge >= 0.3 is 0 Å². The summed E-state index contributed by atoms with van der Waals surface area (Å²) in [7, 11) is 0. The number of nitrogens with two attached hydrogens (primary N) is 1. The SMILES string of the molecule is CCCCC(=O)N1CC(CN)C1. The number of amides is 1. The minimum Gasteiger partial charge on any atom is -0.342 e. The van der Waals surface area contributed by atoms with Gasteiger partial charge in [-0.1, -0.05) is 13.3 Å². The van der Waals surface area contributed by atoms with Gasteiger partial charge in [-0.05, 0) is 13.0 Å². The average Bonchev–Trinajstić information content (AvgIpc) is 1.99. The smallest absolute Gasteiger partial charge is 0.222 e. The van der Waals surface area contributed by atoms with Gasteiger partial charge < -0.3 is 10.6 Å². The molecule has 0 radical (unpaired) electrons. The van der Waals surface area contributed by atoms with Crippen LogP contribution in [0, 0.1) is 5.92 Å². The van der Waals surface area contributed by atoms with Gasteiger partial charge in [0.05, 0.1) is 0 Å². The third-order valence-electron chi connectivity index (χ3n) is 2.39. The second-order valence-electron chi connectivity index (χ2n) is 3.50. The molecule has 0 atom stereocenters. The fourth-order valence-electron chi connectivity index (χ4n) is 1.41. The number of nitrogens with zero attached hydrogens (tertiary/aromatic N) is 1. The zero-order valence-electron chi connectivity index (χ0n) is 7.75. The van der Waals surface area contributed by atoms with Gasteiger partial charge in [-0.3, -0.25) is 4.79 Å². The van der Waals surface area contributed by atoms with Crippen molar-refractivity contribution in [2.24, 2.45) is 11.7 Å². The van der Waals surface area contributed by atoms with Gasteiger partial charge in [0, 0.05) is 25.4 Å². The quantitative estimate of drug-likeness (QED) is 0.671. The normalized spacial score (nSPS) is 17.7. The van der Waals surface area contributed by atoms with Crippen molar-refractivity contribution in [1.82, 2.24) is 4.90 Å². The van der Waals surface area contributed by atoms with E-state index >= 15 is 0 Å². The molecule has 0 aromatic rings. The Balaban J connectivity index is 2.11. The summed E-state index contributed by atoms with van der Waals surface area (Å²) < 4.78 is 0. The molecule has 0 aliphatic carbocycles. The Morgan fingerprint density at radius 1 is 1.58 bits per heavy atom. The Hall–Kier alpha value is -0.570. The molecule has 0 spiro atoms. The van der Waals surface area contributed by atoms with Crippen LogP contribution in [0.3, 0.4) is 0 Å². The Morgan fingerprint density at radius 3 is 2.75 bits per heavy atom. The lowest BCUT2D eigenvalue weighted by Gasteiger charge is -2.38. The van der Waals surface area contributed by atoms with E-state index in [9.17, 15) is 4.79 Å². The van der Waals surface area contributed by atoms with Crippen LogP contribution < -0.4 is 5.73 Å². The van der Waals surface area contributed by atoms with E-state index in [0.29, 0.717) is 18.2 Å². The molecule has 70 valence electrons. The number of likely N-dealkylation sites (tertiary alicyclic amines) is 1. The number of hydrogen-bond donors (Lipinski definition) is 1. The molecule has 3 nitrogen and oxygen atoms in total. The van der Waals surface area contributed by atoms with Crippen LogP contribution in [0.1, 0.15) is 26.2 Å². The molecular weight excluding hydrogens is 152 g/mol. The fourth-order valence-corrected chi connectivity index (χ4v) is 1.41. The molecule has 0 aromatic heterocycles. The van der Waals surface area contributed by atoms with E-state index in [1.54, 1.807) is 0 Å². The Morgan fingerprint density at radius 2 is 2.25 bits per heavy atom. The summed E-state index contributed by atoms with van der Waals surface area (Å²) in [4.78, 5) is 13.2. The second-order valence-corrected chi connectivity index (χ2v) is 3.50. The van der Waals surface area contributed by atoms with Crippen LogP contribution in [0.4, 0.5) is 0 Å². The molecule has 0 aromatic carbocycles. The molecular formula is C9H18N2O. The van der Waals surface area contributed by atoms with Crippen LogP contribution in [0.15, 0.2) is 0 Å².